The molecule has 1 aliphatic carbocycles. The maximum Gasteiger partial charge on any atom is 0.220 e. The van der Waals surface area contributed by atoms with E-state index in [4.69, 9.17) is 14.2 Å². The summed E-state index contributed by atoms with van der Waals surface area (Å²) in [7, 11) is 6.59. The predicted octanol–water partition coefficient (Wildman–Crippen LogP) is 2.65. The average Bonchev–Trinajstić information content (AvgIpc) is 2.89. The minimum atomic E-state index is -0.408. The van der Waals surface area contributed by atoms with Gasteiger partial charge in [0.25, 0.3) is 0 Å². The summed E-state index contributed by atoms with van der Waals surface area (Å²) in [6, 6.07) is 6.60. The molecule has 2 aromatic rings. The maximum absolute atomic E-state index is 12.2. The van der Waals surface area contributed by atoms with Gasteiger partial charge >= 0.3 is 0 Å². The highest BCUT2D eigenvalue weighted by molar-refractivity contribution is 5.82. The van der Waals surface area contributed by atoms with Crippen molar-refractivity contribution in [1.82, 2.24) is 5.32 Å². The first-order valence-corrected chi connectivity index (χ1v) is 8.42. The lowest BCUT2D eigenvalue weighted by atomic mass is 9.95. The van der Waals surface area contributed by atoms with E-state index in [0.29, 0.717) is 17.2 Å². The summed E-state index contributed by atoms with van der Waals surface area (Å²) in [5, 5.41) is 13.2. The van der Waals surface area contributed by atoms with Crippen LogP contribution in [0.15, 0.2) is 29.1 Å². The van der Waals surface area contributed by atoms with Crippen molar-refractivity contribution in [2.45, 2.75) is 18.9 Å². The molecule has 0 fully saturated rings. The fourth-order valence-corrected chi connectivity index (χ4v) is 3.60. The number of hydrogen-bond acceptors (Lipinski definition) is 6. The second kappa shape index (κ2) is 7.25. The molecule has 0 amide bonds. The third-order valence-electron chi connectivity index (χ3n) is 4.87. The molecule has 6 nitrogen and oxygen atoms in total. The van der Waals surface area contributed by atoms with Crippen molar-refractivity contribution in [2.75, 3.05) is 28.4 Å². The highest BCUT2D eigenvalue weighted by Gasteiger charge is 2.28. The van der Waals surface area contributed by atoms with E-state index in [1.165, 1.54) is 12.1 Å². The minimum Gasteiger partial charge on any atom is -0.504 e. The number of rotatable bonds is 4. The Labute approximate surface area is 152 Å². The van der Waals surface area contributed by atoms with Crippen LogP contribution in [0.25, 0.3) is 11.1 Å². The highest BCUT2D eigenvalue weighted by atomic mass is 16.5. The van der Waals surface area contributed by atoms with E-state index in [1.54, 1.807) is 27.4 Å². The largest absolute Gasteiger partial charge is 0.504 e. The molecule has 6 heteroatoms. The number of methoxy groups -OCH3 is 3. The standard InChI is InChI=1S/C20H23NO5/c1-21-14-7-5-11-9-17(24-2)19(25-3)20(26-4)18(11)12-6-8-15(22)16(23)10-13(12)14/h6,8-10,14,21H,5,7H2,1-4H3,(H,22,23)/t14-/m1/s1. The number of aromatic hydroxyl groups is 1. The summed E-state index contributed by atoms with van der Waals surface area (Å²) in [4.78, 5) is 12.2. The quantitative estimate of drug-likeness (QED) is 0.876. The Morgan fingerprint density at radius 3 is 2.42 bits per heavy atom. The molecule has 1 atom stereocenters. The van der Waals surface area contributed by atoms with Gasteiger partial charge in [-0.15, -0.1) is 0 Å². The first kappa shape index (κ1) is 18.1. The molecule has 0 bridgehead atoms. The zero-order chi connectivity index (χ0) is 18.8. The molecule has 3 rings (SSSR count). The minimum absolute atomic E-state index is 0.0291. The number of benzene rings is 1. The van der Waals surface area contributed by atoms with Crippen LogP contribution in [0.5, 0.6) is 23.0 Å². The van der Waals surface area contributed by atoms with Crippen LogP contribution in [0.3, 0.4) is 0 Å². The molecule has 0 unspecified atom stereocenters. The molecule has 0 aliphatic heterocycles. The van der Waals surface area contributed by atoms with Crippen molar-refractivity contribution in [2.24, 2.45) is 0 Å². The fraction of sp³-hybridized carbons (Fsp3) is 0.350. The Hall–Kier alpha value is -2.73. The van der Waals surface area contributed by atoms with E-state index in [2.05, 4.69) is 5.32 Å². The highest BCUT2D eigenvalue weighted by Crippen LogP contribution is 2.50. The number of hydrogen-bond donors (Lipinski definition) is 2. The van der Waals surface area contributed by atoms with Crippen LogP contribution in [0, 0.1) is 0 Å². The molecule has 0 saturated heterocycles. The van der Waals surface area contributed by atoms with Crippen LogP contribution >= 0.6 is 0 Å². The van der Waals surface area contributed by atoms with Crippen molar-refractivity contribution < 1.29 is 19.3 Å². The summed E-state index contributed by atoms with van der Waals surface area (Å²) < 4.78 is 16.7. The van der Waals surface area contributed by atoms with E-state index < -0.39 is 5.43 Å². The summed E-state index contributed by atoms with van der Waals surface area (Å²) in [5.74, 6) is 1.37. The van der Waals surface area contributed by atoms with Gasteiger partial charge in [-0.1, -0.05) is 6.07 Å². The van der Waals surface area contributed by atoms with E-state index in [9.17, 15) is 9.90 Å². The number of aryl methyl sites for hydroxylation is 1. The lowest BCUT2D eigenvalue weighted by molar-refractivity contribution is 0.324. The van der Waals surface area contributed by atoms with Gasteiger partial charge < -0.3 is 24.6 Å². The molecule has 138 valence electrons. The van der Waals surface area contributed by atoms with Crippen molar-refractivity contribution in [3.63, 3.8) is 0 Å². The topological polar surface area (TPSA) is 77.0 Å². The van der Waals surface area contributed by atoms with Gasteiger partial charge in [0, 0.05) is 11.6 Å². The zero-order valence-corrected chi connectivity index (χ0v) is 15.4. The van der Waals surface area contributed by atoms with Crippen LogP contribution < -0.4 is 25.0 Å². The van der Waals surface area contributed by atoms with Crippen LogP contribution in [0.1, 0.15) is 23.6 Å². The van der Waals surface area contributed by atoms with Gasteiger partial charge in [0.2, 0.25) is 11.2 Å². The Bertz CT molecular complexity index is 894. The SMILES string of the molecule is CN[C@@H]1CCc2cc(OC)c(OC)c(OC)c2-c2ccc(O)c(=O)cc21. The zero-order valence-electron chi connectivity index (χ0n) is 15.4. The monoisotopic (exact) mass is 357 g/mol. The molecule has 0 aromatic heterocycles. The maximum atomic E-state index is 12.2. The second-order valence-corrected chi connectivity index (χ2v) is 6.16. The normalized spacial score (nSPS) is 15.5. The molecule has 2 N–H and O–H groups in total. The van der Waals surface area contributed by atoms with Crippen LogP contribution in [-0.4, -0.2) is 33.5 Å². The van der Waals surface area contributed by atoms with Gasteiger partial charge in [0.1, 0.15) is 0 Å². The second-order valence-electron chi connectivity index (χ2n) is 6.16. The van der Waals surface area contributed by atoms with Gasteiger partial charge in [0.05, 0.1) is 21.3 Å². The Morgan fingerprint density at radius 1 is 1.08 bits per heavy atom. The van der Waals surface area contributed by atoms with Crippen molar-refractivity contribution in [3.8, 4) is 34.1 Å². The molecule has 1 aliphatic rings. The fourth-order valence-electron chi connectivity index (χ4n) is 3.60. The van der Waals surface area contributed by atoms with Gasteiger partial charge in [-0.25, -0.2) is 0 Å². The van der Waals surface area contributed by atoms with E-state index >= 15 is 0 Å². The van der Waals surface area contributed by atoms with Crippen molar-refractivity contribution in [1.29, 1.82) is 0 Å². The lowest BCUT2D eigenvalue weighted by Crippen LogP contribution is -2.17. The molecule has 0 saturated carbocycles. The lowest BCUT2D eigenvalue weighted by Gasteiger charge is -2.19. The first-order chi connectivity index (χ1) is 12.5. The molecular formula is C20H23NO5. The van der Waals surface area contributed by atoms with Gasteiger partial charge in [-0.2, -0.15) is 0 Å². The summed E-state index contributed by atoms with van der Waals surface area (Å²) in [6.45, 7) is 0. The van der Waals surface area contributed by atoms with E-state index in [0.717, 1.165) is 35.1 Å². The molecule has 0 heterocycles. The summed E-state index contributed by atoms with van der Waals surface area (Å²) in [6.07, 6.45) is 1.56. The smallest absolute Gasteiger partial charge is 0.220 e. The molecule has 26 heavy (non-hydrogen) atoms. The predicted molar refractivity (Wildman–Crippen MR) is 99.6 cm³/mol. The summed E-state index contributed by atoms with van der Waals surface area (Å²) >= 11 is 0. The molecule has 0 radical (unpaired) electrons. The van der Waals surface area contributed by atoms with Gasteiger partial charge in [-0.05, 0) is 54.8 Å². The van der Waals surface area contributed by atoms with Gasteiger partial charge in [0.15, 0.2) is 17.2 Å². The Morgan fingerprint density at radius 2 is 1.81 bits per heavy atom. The van der Waals surface area contributed by atoms with E-state index in [1.807, 2.05) is 13.1 Å². The van der Waals surface area contributed by atoms with Crippen molar-refractivity contribution >= 4 is 0 Å². The third kappa shape index (κ3) is 2.86. The van der Waals surface area contributed by atoms with Crippen LogP contribution in [0.2, 0.25) is 0 Å². The molecule has 0 spiro atoms. The molecule has 2 aromatic carbocycles. The average molecular weight is 357 g/mol. The summed E-state index contributed by atoms with van der Waals surface area (Å²) in [5.41, 5.74) is 3.13. The third-order valence-corrected chi connectivity index (χ3v) is 4.87. The molecular weight excluding hydrogens is 334 g/mol. The number of nitrogens with one attached hydrogen (secondary N) is 1. The van der Waals surface area contributed by atoms with Gasteiger partial charge in [-0.3, -0.25) is 4.79 Å². The van der Waals surface area contributed by atoms with Crippen LogP contribution in [0.4, 0.5) is 0 Å². The van der Waals surface area contributed by atoms with Crippen LogP contribution in [-0.2, 0) is 6.42 Å². The Balaban J connectivity index is 2.44. The number of fused-ring (bicyclic) bond motifs is 3. The first-order valence-electron chi connectivity index (χ1n) is 8.42. The number of ether oxygens (including phenoxy) is 3. The Kier molecular flexibility index (Phi) is 5.04. The van der Waals surface area contributed by atoms with Crippen molar-refractivity contribution in [3.05, 3.63) is 45.6 Å². The van der Waals surface area contributed by atoms with E-state index in [-0.39, 0.29) is 11.8 Å².